The second-order valence-corrected chi connectivity index (χ2v) is 3.37. The first kappa shape index (κ1) is 11.6. The first-order valence-electron chi connectivity index (χ1n) is 4.25. The summed E-state index contributed by atoms with van der Waals surface area (Å²) < 4.78 is 0.217. The van der Waals surface area contributed by atoms with Crippen LogP contribution in [0.2, 0.25) is 0 Å². The number of hydrogen-bond donors (Lipinski definition) is 4. The summed E-state index contributed by atoms with van der Waals surface area (Å²) in [6.07, 6.45) is 1.26. The molecule has 0 bridgehead atoms. The van der Waals surface area contributed by atoms with Crippen molar-refractivity contribution in [1.29, 1.82) is 0 Å². The normalized spacial score (nSPS) is 12.3. The van der Waals surface area contributed by atoms with Crippen LogP contribution < -0.4 is 10.9 Å². The van der Waals surface area contributed by atoms with Gasteiger partial charge in [0.15, 0.2) is 4.77 Å². The molecule has 1 heterocycles. The monoisotopic (exact) mass is 229 g/mol. The molecule has 0 fully saturated rings. The zero-order valence-electron chi connectivity index (χ0n) is 8.03. The fraction of sp³-hybridized carbons (Fsp3) is 0.375. The van der Waals surface area contributed by atoms with Gasteiger partial charge < -0.3 is 15.4 Å². The summed E-state index contributed by atoms with van der Waals surface area (Å²) in [4.78, 5) is 27.0. The van der Waals surface area contributed by atoms with Crippen molar-refractivity contribution in [3.8, 4) is 0 Å². The van der Waals surface area contributed by atoms with Gasteiger partial charge in [0.05, 0.1) is 12.0 Å². The lowest BCUT2D eigenvalue weighted by Crippen LogP contribution is -2.27. The molecule has 0 amide bonds. The van der Waals surface area contributed by atoms with Crippen LogP contribution in [0.5, 0.6) is 0 Å². The van der Waals surface area contributed by atoms with Gasteiger partial charge in [-0.2, -0.15) is 0 Å². The van der Waals surface area contributed by atoms with E-state index in [2.05, 4.69) is 15.3 Å². The molecule has 0 spiro atoms. The van der Waals surface area contributed by atoms with Crippen LogP contribution in [0.25, 0.3) is 0 Å². The maximum absolute atomic E-state index is 11.4. The third-order valence-electron chi connectivity index (χ3n) is 1.95. The Morgan fingerprint density at radius 3 is 2.87 bits per heavy atom. The third kappa shape index (κ3) is 3.00. The van der Waals surface area contributed by atoms with Gasteiger partial charge in [-0.05, 0) is 19.3 Å². The lowest BCUT2D eigenvalue weighted by molar-refractivity contribution is -0.137. The molecular weight excluding hydrogens is 218 g/mol. The minimum atomic E-state index is -0.976. The fourth-order valence-electron chi connectivity index (χ4n) is 1.22. The van der Waals surface area contributed by atoms with Crippen LogP contribution in [0.4, 0.5) is 0 Å². The van der Waals surface area contributed by atoms with E-state index in [-0.39, 0.29) is 16.8 Å². The lowest BCUT2D eigenvalue weighted by Gasteiger charge is -2.12. The summed E-state index contributed by atoms with van der Waals surface area (Å²) in [5, 5.41) is 11.4. The maximum Gasteiger partial charge on any atom is 0.305 e. The molecule has 4 N–H and O–H groups in total. The molecule has 0 aliphatic heterocycles. The zero-order chi connectivity index (χ0) is 11.4. The van der Waals surface area contributed by atoms with Crippen molar-refractivity contribution in [2.45, 2.75) is 12.5 Å². The summed E-state index contributed by atoms with van der Waals surface area (Å²) in [6.45, 7) is 0. The van der Waals surface area contributed by atoms with Gasteiger partial charge in [0.25, 0.3) is 5.56 Å². The number of H-pyrrole nitrogens is 2. The molecule has 0 saturated heterocycles. The first-order valence-corrected chi connectivity index (χ1v) is 4.66. The Kier molecular flexibility index (Phi) is 3.75. The predicted octanol–water partition coefficient (Wildman–Crippen LogP) is 0.168. The van der Waals surface area contributed by atoms with Crippen LogP contribution in [0.3, 0.4) is 0 Å². The molecule has 7 heteroatoms. The van der Waals surface area contributed by atoms with E-state index in [9.17, 15) is 9.59 Å². The highest BCUT2D eigenvalue weighted by molar-refractivity contribution is 7.71. The number of carboxylic acids is 1. The summed E-state index contributed by atoms with van der Waals surface area (Å²) in [6, 6.07) is -0.530. The highest BCUT2D eigenvalue weighted by Gasteiger charge is 2.16. The van der Waals surface area contributed by atoms with E-state index in [0.717, 1.165) is 0 Å². The van der Waals surface area contributed by atoms with Crippen molar-refractivity contribution in [2.24, 2.45) is 0 Å². The van der Waals surface area contributed by atoms with E-state index >= 15 is 0 Å². The van der Waals surface area contributed by atoms with Crippen LogP contribution >= 0.6 is 12.2 Å². The zero-order valence-corrected chi connectivity index (χ0v) is 8.85. The first-order chi connectivity index (χ1) is 7.04. The smallest absolute Gasteiger partial charge is 0.305 e. The van der Waals surface area contributed by atoms with Crippen molar-refractivity contribution in [2.75, 3.05) is 7.05 Å². The number of hydrogen-bond acceptors (Lipinski definition) is 4. The minimum absolute atomic E-state index is 0.163. The number of rotatable bonds is 4. The van der Waals surface area contributed by atoms with E-state index in [1.807, 2.05) is 0 Å². The average molecular weight is 229 g/mol. The van der Waals surface area contributed by atoms with E-state index < -0.39 is 12.0 Å². The molecule has 1 aromatic heterocycles. The van der Waals surface area contributed by atoms with Gasteiger partial charge in [-0.25, -0.2) is 0 Å². The average Bonchev–Trinajstić information content (AvgIpc) is 2.14. The second kappa shape index (κ2) is 4.85. The number of carbonyl (C=O) groups is 1. The number of carboxylic acid groups (broad SMARTS) is 1. The second-order valence-electron chi connectivity index (χ2n) is 2.97. The van der Waals surface area contributed by atoms with Crippen molar-refractivity contribution in [3.05, 3.63) is 26.9 Å². The number of aliphatic carboxylic acids is 1. The van der Waals surface area contributed by atoms with Crippen molar-refractivity contribution in [1.82, 2.24) is 15.3 Å². The molecular formula is C8H11N3O3S. The number of aromatic nitrogens is 2. The van der Waals surface area contributed by atoms with Crippen molar-refractivity contribution < 1.29 is 9.90 Å². The summed E-state index contributed by atoms with van der Waals surface area (Å²) in [7, 11) is 1.59. The molecule has 0 aliphatic rings. The molecule has 15 heavy (non-hydrogen) atoms. The Bertz CT molecular complexity index is 465. The van der Waals surface area contributed by atoms with Gasteiger partial charge >= 0.3 is 5.97 Å². The molecule has 0 aliphatic carbocycles. The Morgan fingerprint density at radius 2 is 2.40 bits per heavy atom. The molecule has 82 valence electrons. The van der Waals surface area contributed by atoms with E-state index in [0.29, 0.717) is 5.56 Å². The highest BCUT2D eigenvalue weighted by atomic mass is 32.1. The van der Waals surface area contributed by atoms with Crippen LogP contribution in [0.15, 0.2) is 11.0 Å². The standard InChI is InChI=1S/C8H11N3O3S/c1-9-5(2-6(12)13)4-3-10-8(15)11-7(4)14/h3,5,9H,2H2,1H3,(H,12,13)(H2,10,11,14,15). The van der Waals surface area contributed by atoms with Gasteiger partial charge in [0, 0.05) is 12.2 Å². The van der Waals surface area contributed by atoms with Crippen LogP contribution in [0, 0.1) is 4.77 Å². The Balaban J connectivity index is 3.07. The quantitative estimate of drug-likeness (QED) is 0.552. The molecule has 6 nitrogen and oxygen atoms in total. The third-order valence-corrected chi connectivity index (χ3v) is 2.17. The Labute approximate surface area is 90.4 Å². The van der Waals surface area contributed by atoms with Crippen LogP contribution in [-0.4, -0.2) is 28.1 Å². The van der Waals surface area contributed by atoms with Crippen molar-refractivity contribution in [3.63, 3.8) is 0 Å². The topological polar surface area (TPSA) is 98.0 Å². The fourth-order valence-corrected chi connectivity index (χ4v) is 1.37. The highest BCUT2D eigenvalue weighted by Crippen LogP contribution is 2.10. The molecule has 1 rings (SSSR count). The van der Waals surface area contributed by atoms with Gasteiger partial charge in [-0.1, -0.05) is 0 Å². The molecule has 0 radical (unpaired) electrons. The summed E-state index contributed by atoms with van der Waals surface area (Å²) in [5.41, 5.74) is -0.0483. The summed E-state index contributed by atoms with van der Waals surface area (Å²) >= 11 is 4.72. The van der Waals surface area contributed by atoms with Crippen molar-refractivity contribution >= 4 is 18.2 Å². The number of nitrogens with one attached hydrogen (secondary N) is 3. The maximum atomic E-state index is 11.4. The van der Waals surface area contributed by atoms with E-state index in [1.54, 1.807) is 7.05 Å². The predicted molar refractivity (Wildman–Crippen MR) is 56.3 cm³/mol. The molecule has 0 aromatic carbocycles. The van der Waals surface area contributed by atoms with Crippen LogP contribution in [-0.2, 0) is 4.79 Å². The largest absolute Gasteiger partial charge is 0.481 e. The molecule has 1 atom stereocenters. The van der Waals surface area contributed by atoms with Gasteiger partial charge in [0.1, 0.15) is 0 Å². The van der Waals surface area contributed by atoms with Gasteiger partial charge in [0.2, 0.25) is 0 Å². The molecule has 1 aromatic rings. The molecule has 0 saturated carbocycles. The van der Waals surface area contributed by atoms with E-state index in [1.165, 1.54) is 6.20 Å². The van der Waals surface area contributed by atoms with Gasteiger partial charge in [-0.3, -0.25) is 14.6 Å². The van der Waals surface area contributed by atoms with Gasteiger partial charge in [-0.15, -0.1) is 0 Å². The number of aromatic amines is 2. The van der Waals surface area contributed by atoms with E-state index in [4.69, 9.17) is 17.3 Å². The lowest BCUT2D eigenvalue weighted by atomic mass is 10.1. The Morgan fingerprint density at radius 1 is 1.73 bits per heavy atom. The Hall–Kier alpha value is -1.47. The minimum Gasteiger partial charge on any atom is -0.481 e. The molecule has 1 unspecified atom stereocenters. The SMILES string of the molecule is CNC(CC(=O)O)c1c[nH]c(=S)[nH]c1=O. The van der Waals surface area contributed by atoms with Crippen LogP contribution in [0.1, 0.15) is 18.0 Å². The summed E-state index contributed by atoms with van der Waals surface area (Å²) in [5.74, 6) is -0.976.